The van der Waals surface area contributed by atoms with Crippen LogP contribution < -0.4 is 4.74 Å². The molecule has 0 N–H and O–H groups in total. The standard InChI is InChI=1S/C15H10BrF3O2/c1-8(20)9-2-5-14(13(18)6-9)21-7-10-12(17)4-3-11(16)15(10)19/h2-6H,7H2,1H3. The highest BCUT2D eigenvalue weighted by molar-refractivity contribution is 9.10. The van der Waals surface area contributed by atoms with Crippen LogP contribution in [0.15, 0.2) is 34.8 Å². The molecule has 0 bridgehead atoms. The van der Waals surface area contributed by atoms with Crippen LogP contribution in [-0.2, 0) is 6.61 Å². The highest BCUT2D eigenvalue weighted by Crippen LogP contribution is 2.24. The third-order valence-corrected chi connectivity index (χ3v) is 3.46. The molecule has 0 spiro atoms. The Balaban J connectivity index is 2.21. The zero-order chi connectivity index (χ0) is 15.6. The molecular weight excluding hydrogens is 349 g/mol. The van der Waals surface area contributed by atoms with Gasteiger partial charge in [-0.05, 0) is 53.2 Å². The van der Waals surface area contributed by atoms with Crippen molar-refractivity contribution in [3.8, 4) is 5.75 Å². The number of ketones is 1. The van der Waals surface area contributed by atoms with Gasteiger partial charge in [-0.2, -0.15) is 0 Å². The first-order valence-corrected chi connectivity index (χ1v) is 6.75. The van der Waals surface area contributed by atoms with E-state index in [1.54, 1.807) is 0 Å². The summed E-state index contributed by atoms with van der Waals surface area (Å²) >= 11 is 2.94. The molecule has 0 unspecified atom stereocenters. The van der Waals surface area contributed by atoms with Gasteiger partial charge < -0.3 is 4.74 Å². The molecule has 0 atom stereocenters. The lowest BCUT2D eigenvalue weighted by Crippen LogP contribution is -2.04. The summed E-state index contributed by atoms with van der Waals surface area (Å²) in [7, 11) is 0. The SMILES string of the molecule is CC(=O)c1ccc(OCc2c(F)ccc(Br)c2F)c(F)c1. The lowest BCUT2D eigenvalue weighted by Gasteiger charge is -2.10. The second-order valence-corrected chi connectivity index (χ2v) is 5.17. The summed E-state index contributed by atoms with van der Waals surface area (Å²) in [6, 6.07) is 5.97. The zero-order valence-corrected chi connectivity index (χ0v) is 12.5. The zero-order valence-electron chi connectivity index (χ0n) is 10.9. The number of carbonyl (C=O) groups excluding carboxylic acids is 1. The van der Waals surface area contributed by atoms with Gasteiger partial charge in [-0.25, -0.2) is 13.2 Å². The van der Waals surface area contributed by atoms with Gasteiger partial charge in [0, 0.05) is 5.56 Å². The van der Waals surface area contributed by atoms with Crippen LogP contribution in [0.4, 0.5) is 13.2 Å². The minimum absolute atomic E-state index is 0.0925. The highest BCUT2D eigenvalue weighted by Gasteiger charge is 2.14. The number of benzene rings is 2. The fourth-order valence-electron chi connectivity index (χ4n) is 1.69. The van der Waals surface area contributed by atoms with E-state index < -0.39 is 24.1 Å². The lowest BCUT2D eigenvalue weighted by molar-refractivity contribution is 0.101. The Kier molecular flexibility index (Phi) is 4.67. The van der Waals surface area contributed by atoms with Crippen molar-refractivity contribution >= 4 is 21.7 Å². The van der Waals surface area contributed by atoms with Crippen molar-refractivity contribution in [3.05, 3.63) is 63.4 Å². The maximum atomic E-state index is 13.7. The third-order valence-electron chi connectivity index (χ3n) is 2.85. The number of rotatable bonds is 4. The monoisotopic (exact) mass is 358 g/mol. The van der Waals surface area contributed by atoms with Crippen LogP contribution in [0.1, 0.15) is 22.8 Å². The Morgan fingerprint density at radius 3 is 2.48 bits per heavy atom. The van der Waals surface area contributed by atoms with Gasteiger partial charge in [0.05, 0.1) is 10.0 Å². The summed E-state index contributed by atoms with van der Waals surface area (Å²) < 4.78 is 46.2. The summed E-state index contributed by atoms with van der Waals surface area (Å²) in [6.45, 7) is 0.842. The van der Waals surface area contributed by atoms with Crippen LogP contribution >= 0.6 is 15.9 Å². The molecule has 21 heavy (non-hydrogen) atoms. The van der Waals surface area contributed by atoms with E-state index in [9.17, 15) is 18.0 Å². The van der Waals surface area contributed by atoms with Gasteiger partial charge in [0.1, 0.15) is 18.2 Å². The molecule has 0 radical (unpaired) electrons. The normalized spacial score (nSPS) is 10.5. The molecule has 2 nitrogen and oxygen atoms in total. The number of hydrogen-bond donors (Lipinski definition) is 0. The molecule has 6 heteroatoms. The van der Waals surface area contributed by atoms with Gasteiger partial charge in [-0.3, -0.25) is 4.79 Å². The molecule has 0 aromatic heterocycles. The van der Waals surface area contributed by atoms with E-state index in [4.69, 9.17) is 4.74 Å². The second-order valence-electron chi connectivity index (χ2n) is 4.31. The molecule has 0 aliphatic heterocycles. The summed E-state index contributed by atoms with van der Waals surface area (Å²) in [4.78, 5) is 11.1. The number of hydrogen-bond acceptors (Lipinski definition) is 2. The number of carbonyl (C=O) groups is 1. The average Bonchev–Trinajstić information content (AvgIpc) is 2.44. The molecule has 0 saturated carbocycles. The molecule has 0 heterocycles. The Morgan fingerprint density at radius 2 is 1.86 bits per heavy atom. The topological polar surface area (TPSA) is 26.3 Å². The summed E-state index contributed by atoms with van der Waals surface area (Å²) in [6.07, 6.45) is 0. The maximum absolute atomic E-state index is 13.7. The molecule has 0 amide bonds. The van der Waals surface area contributed by atoms with Crippen LogP contribution in [0.5, 0.6) is 5.75 Å². The van der Waals surface area contributed by atoms with Gasteiger partial charge in [-0.15, -0.1) is 0 Å². The molecule has 2 aromatic rings. The van der Waals surface area contributed by atoms with E-state index in [0.717, 1.165) is 12.1 Å². The predicted octanol–water partition coefficient (Wildman–Crippen LogP) is 4.65. The molecule has 2 aromatic carbocycles. The Labute approximate surface area is 127 Å². The van der Waals surface area contributed by atoms with Crippen LogP contribution in [-0.4, -0.2) is 5.78 Å². The highest BCUT2D eigenvalue weighted by atomic mass is 79.9. The van der Waals surface area contributed by atoms with Crippen molar-refractivity contribution in [1.82, 2.24) is 0 Å². The van der Waals surface area contributed by atoms with Crippen LogP contribution in [0.25, 0.3) is 0 Å². The van der Waals surface area contributed by atoms with E-state index in [0.29, 0.717) is 0 Å². The summed E-state index contributed by atoms with van der Waals surface area (Å²) in [5, 5.41) is 0. The average molecular weight is 359 g/mol. The number of Topliss-reactive ketones (excluding diaryl/α,β-unsaturated/α-hetero) is 1. The lowest BCUT2D eigenvalue weighted by atomic mass is 10.1. The quantitative estimate of drug-likeness (QED) is 0.587. The number of halogens is 4. The largest absolute Gasteiger partial charge is 0.486 e. The number of ether oxygens (including phenoxy) is 1. The van der Waals surface area contributed by atoms with E-state index in [-0.39, 0.29) is 27.1 Å². The van der Waals surface area contributed by atoms with Crippen molar-refractivity contribution < 1.29 is 22.7 Å². The minimum atomic E-state index is -0.796. The van der Waals surface area contributed by atoms with Crippen LogP contribution in [0.3, 0.4) is 0 Å². The molecule has 110 valence electrons. The van der Waals surface area contributed by atoms with Crippen molar-refractivity contribution in [2.45, 2.75) is 13.5 Å². The van der Waals surface area contributed by atoms with E-state index >= 15 is 0 Å². The van der Waals surface area contributed by atoms with Gasteiger partial charge >= 0.3 is 0 Å². The fraction of sp³-hybridized carbons (Fsp3) is 0.133. The predicted molar refractivity (Wildman–Crippen MR) is 74.8 cm³/mol. The van der Waals surface area contributed by atoms with Crippen LogP contribution in [0.2, 0.25) is 0 Å². The van der Waals surface area contributed by atoms with Crippen molar-refractivity contribution in [2.75, 3.05) is 0 Å². The minimum Gasteiger partial charge on any atom is -0.486 e. The van der Waals surface area contributed by atoms with Crippen molar-refractivity contribution in [2.24, 2.45) is 0 Å². The van der Waals surface area contributed by atoms with Crippen molar-refractivity contribution in [1.29, 1.82) is 0 Å². The molecular formula is C15H10BrF3O2. The van der Waals surface area contributed by atoms with Gasteiger partial charge in [-0.1, -0.05) is 0 Å². The molecule has 0 aliphatic carbocycles. The Bertz CT molecular complexity index is 702. The van der Waals surface area contributed by atoms with Gasteiger partial charge in [0.2, 0.25) is 0 Å². The fourth-order valence-corrected chi connectivity index (χ4v) is 2.06. The Morgan fingerprint density at radius 1 is 1.14 bits per heavy atom. The third kappa shape index (κ3) is 3.44. The molecule has 2 rings (SSSR count). The first-order chi connectivity index (χ1) is 9.90. The smallest absolute Gasteiger partial charge is 0.165 e. The van der Waals surface area contributed by atoms with E-state index in [2.05, 4.69) is 15.9 Å². The Hall–Kier alpha value is -1.82. The maximum Gasteiger partial charge on any atom is 0.165 e. The van der Waals surface area contributed by atoms with Crippen molar-refractivity contribution in [3.63, 3.8) is 0 Å². The van der Waals surface area contributed by atoms with E-state index in [1.165, 1.54) is 25.1 Å². The van der Waals surface area contributed by atoms with E-state index in [1.807, 2.05) is 0 Å². The molecule has 0 aliphatic rings. The first kappa shape index (κ1) is 15.6. The van der Waals surface area contributed by atoms with Gasteiger partial charge in [0.25, 0.3) is 0 Å². The molecule has 0 fully saturated rings. The first-order valence-electron chi connectivity index (χ1n) is 5.96. The van der Waals surface area contributed by atoms with Crippen LogP contribution in [0, 0.1) is 17.5 Å². The summed E-state index contributed by atoms with van der Waals surface area (Å²) in [5.41, 5.74) is -0.112. The van der Waals surface area contributed by atoms with Gasteiger partial charge in [0.15, 0.2) is 17.3 Å². The summed E-state index contributed by atoms with van der Waals surface area (Å²) in [5.74, 6) is -2.81. The molecule has 0 saturated heterocycles. The second kappa shape index (κ2) is 6.30.